The standard InChI is InChI=1S/C19H32O3/c1-21-18-16(17(18)19(20)22-2)14-15-12-10-8-6-4-3-5-7-9-11-13-15/h14,16-18H,3-13H2,1-2H3/t16-,17-,18-/m0/s1. The molecular formula is C19H32O3. The van der Waals surface area contributed by atoms with Crippen LogP contribution in [0.25, 0.3) is 0 Å². The maximum Gasteiger partial charge on any atom is 0.312 e. The molecule has 0 aromatic carbocycles. The van der Waals surface area contributed by atoms with E-state index in [0.717, 1.165) is 0 Å². The lowest BCUT2D eigenvalue weighted by molar-refractivity contribution is -0.143. The first-order chi connectivity index (χ1) is 10.8. The summed E-state index contributed by atoms with van der Waals surface area (Å²) in [6.07, 6.45) is 17.0. The third-order valence-corrected chi connectivity index (χ3v) is 5.18. The van der Waals surface area contributed by atoms with Gasteiger partial charge >= 0.3 is 5.97 Å². The maximum atomic E-state index is 11.8. The second kappa shape index (κ2) is 9.34. The normalized spacial score (nSPS) is 30.8. The molecule has 3 atom stereocenters. The summed E-state index contributed by atoms with van der Waals surface area (Å²) in [6, 6.07) is 0. The van der Waals surface area contributed by atoms with E-state index in [4.69, 9.17) is 9.47 Å². The summed E-state index contributed by atoms with van der Waals surface area (Å²) in [5.41, 5.74) is 1.54. The molecule has 0 aromatic rings. The van der Waals surface area contributed by atoms with E-state index in [2.05, 4.69) is 6.08 Å². The lowest BCUT2D eigenvalue weighted by atomic mass is 9.96. The second-order valence-corrected chi connectivity index (χ2v) is 6.83. The molecule has 0 saturated heterocycles. The molecule has 2 saturated carbocycles. The van der Waals surface area contributed by atoms with Gasteiger partial charge in [-0.3, -0.25) is 4.79 Å². The molecule has 0 N–H and O–H groups in total. The van der Waals surface area contributed by atoms with E-state index in [0.29, 0.717) is 0 Å². The zero-order valence-corrected chi connectivity index (χ0v) is 14.3. The van der Waals surface area contributed by atoms with Gasteiger partial charge in [-0.1, -0.05) is 56.6 Å². The predicted octanol–water partition coefficient (Wildman–Crippen LogP) is 4.65. The Kier molecular flexibility index (Phi) is 7.44. The number of carbonyl (C=O) groups is 1. The molecule has 0 bridgehead atoms. The molecule has 2 aliphatic carbocycles. The third kappa shape index (κ3) is 5.12. The van der Waals surface area contributed by atoms with Crippen LogP contribution in [0.1, 0.15) is 70.6 Å². The Morgan fingerprint density at radius 1 is 0.909 bits per heavy atom. The molecule has 0 amide bonds. The highest BCUT2D eigenvalue weighted by Gasteiger charge is 2.55. The number of ether oxygens (including phenoxy) is 2. The molecule has 0 aliphatic heterocycles. The van der Waals surface area contributed by atoms with Gasteiger partial charge in [0.15, 0.2) is 0 Å². The Hall–Kier alpha value is -0.830. The Morgan fingerprint density at radius 3 is 1.86 bits per heavy atom. The van der Waals surface area contributed by atoms with Crippen LogP contribution in [0, 0.1) is 11.8 Å². The number of esters is 1. The molecule has 0 radical (unpaired) electrons. The zero-order chi connectivity index (χ0) is 15.8. The van der Waals surface area contributed by atoms with Gasteiger partial charge in [-0.2, -0.15) is 0 Å². The average Bonchev–Trinajstić information content (AvgIpc) is 3.22. The second-order valence-electron chi connectivity index (χ2n) is 6.83. The number of rotatable bonds is 3. The first-order valence-electron chi connectivity index (χ1n) is 9.08. The summed E-state index contributed by atoms with van der Waals surface area (Å²) in [5, 5.41) is 0. The van der Waals surface area contributed by atoms with Gasteiger partial charge in [-0.05, 0) is 25.7 Å². The van der Waals surface area contributed by atoms with Gasteiger partial charge in [0.05, 0.1) is 19.1 Å². The average molecular weight is 308 g/mol. The van der Waals surface area contributed by atoms with Gasteiger partial charge in [-0.15, -0.1) is 0 Å². The number of carbonyl (C=O) groups excluding carboxylic acids is 1. The molecule has 3 heteroatoms. The predicted molar refractivity (Wildman–Crippen MR) is 88.7 cm³/mol. The topological polar surface area (TPSA) is 35.5 Å². The molecule has 0 heterocycles. The van der Waals surface area contributed by atoms with E-state index in [1.807, 2.05) is 0 Å². The Bertz CT molecular complexity index is 361. The Labute approximate surface area is 135 Å². The summed E-state index contributed by atoms with van der Waals surface area (Å²) in [4.78, 5) is 11.8. The Balaban J connectivity index is 1.92. The number of hydrogen-bond acceptors (Lipinski definition) is 3. The van der Waals surface area contributed by atoms with Crippen LogP contribution in [0.4, 0.5) is 0 Å². The lowest BCUT2D eigenvalue weighted by Gasteiger charge is -2.10. The van der Waals surface area contributed by atoms with Gasteiger partial charge in [-0.25, -0.2) is 0 Å². The van der Waals surface area contributed by atoms with Crippen molar-refractivity contribution >= 4 is 5.97 Å². The van der Waals surface area contributed by atoms with Gasteiger partial charge in [0.2, 0.25) is 0 Å². The molecule has 0 unspecified atom stereocenters. The summed E-state index contributed by atoms with van der Waals surface area (Å²) in [7, 11) is 3.16. The quantitative estimate of drug-likeness (QED) is 0.562. The third-order valence-electron chi connectivity index (χ3n) is 5.18. The fourth-order valence-electron chi connectivity index (χ4n) is 3.74. The van der Waals surface area contributed by atoms with Crippen LogP contribution < -0.4 is 0 Å². The highest BCUT2D eigenvalue weighted by atomic mass is 16.5. The number of hydrogen-bond donors (Lipinski definition) is 0. The lowest BCUT2D eigenvalue weighted by Crippen LogP contribution is -2.07. The van der Waals surface area contributed by atoms with Crippen LogP contribution in [0.5, 0.6) is 0 Å². The van der Waals surface area contributed by atoms with Crippen LogP contribution >= 0.6 is 0 Å². The van der Waals surface area contributed by atoms with E-state index >= 15 is 0 Å². The van der Waals surface area contributed by atoms with Crippen molar-refractivity contribution in [3.05, 3.63) is 11.6 Å². The van der Waals surface area contributed by atoms with Crippen LogP contribution in [0.2, 0.25) is 0 Å². The fraction of sp³-hybridized carbons (Fsp3) is 0.842. The number of allylic oxidation sites excluding steroid dienone is 1. The van der Waals surface area contributed by atoms with Crippen LogP contribution in [-0.2, 0) is 14.3 Å². The zero-order valence-electron chi connectivity index (χ0n) is 14.3. The highest BCUT2D eigenvalue weighted by Crippen LogP contribution is 2.44. The monoisotopic (exact) mass is 308 g/mol. The van der Waals surface area contributed by atoms with Gasteiger partial charge in [0, 0.05) is 13.0 Å². The molecule has 2 fully saturated rings. The van der Waals surface area contributed by atoms with Crippen LogP contribution in [0.15, 0.2) is 11.6 Å². The van der Waals surface area contributed by atoms with Gasteiger partial charge in [0.25, 0.3) is 0 Å². The fourth-order valence-corrected chi connectivity index (χ4v) is 3.74. The molecule has 2 rings (SSSR count). The van der Waals surface area contributed by atoms with Gasteiger partial charge < -0.3 is 9.47 Å². The van der Waals surface area contributed by atoms with Crippen molar-refractivity contribution in [3.63, 3.8) is 0 Å². The number of methoxy groups -OCH3 is 2. The van der Waals surface area contributed by atoms with E-state index < -0.39 is 0 Å². The van der Waals surface area contributed by atoms with E-state index in [1.165, 1.54) is 77.7 Å². The van der Waals surface area contributed by atoms with Crippen LogP contribution in [0.3, 0.4) is 0 Å². The van der Waals surface area contributed by atoms with E-state index in [1.54, 1.807) is 12.7 Å². The molecule has 0 aromatic heterocycles. The first kappa shape index (κ1) is 17.5. The summed E-state index contributed by atoms with van der Waals surface area (Å²) in [6.45, 7) is 0. The maximum absolute atomic E-state index is 11.8. The van der Waals surface area contributed by atoms with Gasteiger partial charge in [0.1, 0.15) is 0 Å². The molecule has 3 nitrogen and oxygen atoms in total. The highest BCUT2D eigenvalue weighted by molar-refractivity contribution is 5.77. The van der Waals surface area contributed by atoms with E-state index in [9.17, 15) is 4.79 Å². The minimum atomic E-state index is -0.123. The minimum Gasteiger partial charge on any atom is -0.469 e. The molecule has 22 heavy (non-hydrogen) atoms. The molecule has 2 aliphatic rings. The van der Waals surface area contributed by atoms with Crippen molar-refractivity contribution < 1.29 is 14.3 Å². The Morgan fingerprint density at radius 2 is 1.41 bits per heavy atom. The van der Waals surface area contributed by atoms with Crippen molar-refractivity contribution in [2.45, 2.75) is 76.7 Å². The molecule has 126 valence electrons. The van der Waals surface area contributed by atoms with Crippen molar-refractivity contribution in [1.29, 1.82) is 0 Å². The smallest absolute Gasteiger partial charge is 0.312 e. The van der Waals surface area contributed by atoms with Crippen molar-refractivity contribution in [1.82, 2.24) is 0 Å². The van der Waals surface area contributed by atoms with Crippen LogP contribution in [-0.4, -0.2) is 26.3 Å². The van der Waals surface area contributed by atoms with Crippen molar-refractivity contribution in [3.8, 4) is 0 Å². The SMILES string of the molecule is COC(=O)[C@H]1[C@H](C=C2CCCCCCCCCCC2)[C@@H]1OC. The first-order valence-corrected chi connectivity index (χ1v) is 9.08. The largest absolute Gasteiger partial charge is 0.469 e. The summed E-state index contributed by atoms with van der Waals surface area (Å²) >= 11 is 0. The van der Waals surface area contributed by atoms with Crippen molar-refractivity contribution in [2.24, 2.45) is 11.8 Å². The van der Waals surface area contributed by atoms with Crippen molar-refractivity contribution in [2.75, 3.05) is 14.2 Å². The molecule has 0 spiro atoms. The van der Waals surface area contributed by atoms with E-state index in [-0.39, 0.29) is 23.9 Å². The molecular weight excluding hydrogens is 276 g/mol. The summed E-state index contributed by atoms with van der Waals surface area (Å²) in [5.74, 6) is 0.0334. The summed E-state index contributed by atoms with van der Waals surface area (Å²) < 4.78 is 10.3. The minimum absolute atomic E-state index is 0.0290.